The van der Waals surface area contributed by atoms with Crippen LogP contribution in [0.1, 0.15) is 128 Å². The lowest BCUT2D eigenvalue weighted by molar-refractivity contribution is 0.0524. The van der Waals surface area contributed by atoms with Crippen LogP contribution in [0.3, 0.4) is 0 Å². The molecule has 3 aromatic rings. The fraction of sp³-hybridized carbons (Fsp3) is 0.650. The Morgan fingerprint density at radius 3 is 2.30 bits per heavy atom. The van der Waals surface area contributed by atoms with Crippen LogP contribution in [0.4, 0.5) is 29.9 Å². The fourth-order valence-electron chi connectivity index (χ4n) is 6.70. The molecule has 0 unspecified atom stereocenters. The average Bonchev–Trinajstić information content (AvgIpc) is 3.61. The normalized spacial score (nSPS) is 17.6. The number of hydrogen-bond donors (Lipinski definition) is 2. The number of pyridine rings is 1. The molecule has 16 heteroatoms. The molecule has 5 rings (SSSR count). The van der Waals surface area contributed by atoms with Crippen molar-refractivity contribution < 1.29 is 37.1 Å². The number of halogens is 2. The Bertz CT molecular complexity index is 1770. The van der Waals surface area contributed by atoms with E-state index in [-0.39, 0.29) is 29.4 Å². The van der Waals surface area contributed by atoms with Crippen molar-refractivity contribution in [3.8, 4) is 11.5 Å². The molecule has 0 aromatic carbocycles. The maximum Gasteiger partial charge on any atom is 0.416 e. The maximum atomic E-state index is 14.2. The fourth-order valence-corrected chi connectivity index (χ4v) is 6.70. The van der Waals surface area contributed by atoms with Crippen molar-refractivity contribution in [3.05, 3.63) is 42.2 Å². The molecule has 2 N–H and O–H groups in total. The third-order valence-electron chi connectivity index (χ3n) is 9.62. The lowest BCUT2D eigenvalue weighted by atomic mass is 9.86. The van der Waals surface area contributed by atoms with Gasteiger partial charge in [-0.2, -0.15) is 5.10 Å². The van der Waals surface area contributed by atoms with Crippen LogP contribution in [-0.4, -0.2) is 87.2 Å². The van der Waals surface area contributed by atoms with Gasteiger partial charge in [0.15, 0.2) is 11.4 Å². The summed E-state index contributed by atoms with van der Waals surface area (Å²) >= 11 is 0. The number of unbranched alkanes of at least 4 members (excludes halogenated alkanes) is 2. The zero-order valence-electron chi connectivity index (χ0n) is 33.8. The second-order valence-electron chi connectivity index (χ2n) is 17.1. The van der Waals surface area contributed by atoms with Crippen LogP contribution in [0.25, 0.3) is 11.5 Å². The van der Waals surface area contributed by atoms with Gasteiger partial charge in [0.2, 0.25) is 5.89 Å². The quantitative estimate of drug-likeness (QED) is 0.135. The number of anilines is 2. The van der Waals surface area contributed by atoms with E-state index in [1.165, 1.54) is 17.3 Å². The van der Waals surface area contributed by atoms with E-state index in [9.17, 15) is 23.2 Å². The van der Waals surface area contributed by atoms with E-state index in [4.69, 9.17) is 13.9 Å². The molecule has 0 bridgehead atoms. The maximum absolute atomic E-state index is 14.2. The highest BCUT2D eigenvalue weighted by atomic mass is 19.3. The molecule has 0 radical (unpaired) electrons. The second-order valence-corrected chi connectivity index (χ2v) is 17.1. The Balaban J connectivity index is 1.11. The van der Waals surface area contributed by atoms with Crippen molar-refractivity contribution in [2.24, 2.45) is 11.8 Å². The van der Waals surface area contributed by atoms with Gasteiger partial charge in [-0.05, 0) is 130 Å². The predicted octanol–water partition coefficient (Wildman–Crippen LogP) is 8.63. The Kier molecular flexibility index (Phi) is 14.1. The second kappa shape index (κ2) is 18.6. The number of aromatic nitrogens is 4. The van der Waals surface area contributed by atoms with Gasteiger partial charge in [0.1, 0.15) is 23.3 Å². The first-order valence-corrected chi connectivity index (χ1v) is 19.7. The zero-order chi connectivity index (χ0) is 40.6. The number of amides is 3. The van der Waals surface area contributed by atoms with Crippen LogP contribution >= 0.6 is 0 Å². The highest BCUT2D eigenvalue weighted by Crippen LogP contribution is 2.36. The predicted molar refractivity (Wildman–Crippen MR) is 208 cm³/mol. The van der Waals surface area contributed by atoms with Gasteiger partial charge in [-0.15, -0.1) is 0 Å². The number of carbonyl (C=O) groups is 3. The number of alkyl halides is 2. The topological polar surface area (TPSA) is 157 Å². The number of alkyl carbamates (subject to hydrolysis) is 1. The molecular formula is C40H58F2N8O6. The number of ether oxygens (including phenoxy) is 2. The molecule has 0 aliphatic heterocycles. The van der Waals surface area contributed by atoms with Gasteiger partial charge in [-0.1, -0.05) is 6.42 Å². The molecule has 2 aliphatic carbocycles. The van der Waals surface area contributed by atoms with E-state index < -0.39 is 35.3 Å². The number of carbonyl (C=O) groups excluding carboxylic acids is 3. The number of rotatable bonds is 16. The molecule has 0 atom stereocenters. The standard InChI is InChI=1S/C40H58F2N8O6/c1-39(2,3)55-37(52)44-18-9-8-10-20-48(7)22-26-13-15-29(16-14-26)50-24-30(33(47-50)34(41)42)45-35(51)31-25-54-36(46-31)28-17-19-43-32(21-28)49(23-27-11-12-27)38(53)56-40(4,5)6/h17,19,21,24-27,29,34H,8-16,18,20,22-23H2,1-7H3,(H,44,52)(H,45,51). The molecule has 0 saturated heterocycles. The molecular weight excluding hydrogens is 726 g/mol. The van der Waals surface area contributed by atoms with E-state index >= 15 is 0 Å². The Morgan fingerprint density at radius 2 is 1.64 bits per heavy atom. The van der Waals surface area contributed by atoms with E-state index in [1.54, 1.807) is 37.6 Å². The van der Waals surface area contributed by atoms with Crippen molar-refractivity contribution >= 4 is 29.6 Å². The summed E-state index contributed by atoms with van der Waals surface area (Å²) in [4.78, 5) is 50.7. The largest absolute Gasteiger partial charge is 0.444 e. The van der Waals surface area contributed by atoms with Crippen molar-refractivity contribution in [1.82, 2.24) is 30.0 Å². The number of hydrogen-bond acceptors (Lipinski definition) is 10. The zero-order valence-corrected chi connectivity index (χ0v) is 33.8. The van der Waals surface area contributed by atoms with Gasteiger partial charge in [0.25, 0.3) is 12.3 Å². The Morgan fingerprint density at radius 1 is 0.964 bits per heavy atom. The summed E-state index contributed by atoms with van der Waals surface area (Å²) in [5.41, 5.74) is -1.39. The van der Waals surface area contributed by atoms with Gasteiger partial charge < -0.3 is 29.4 Å². The minimum absolute atomic E-state index is 0.0584. The first-order chi connectivity index (χ1) is 26.4. The average molecular weight is 785 g/mol. The van der Waals surface area contributed by atoms with E-state index in [2.05, 4.69) is 37.6 Å². The molecule has 2 saturated carbocycles. The number of nitrogens with zero attached hydrogens (tertiary/aromatic N) is 6. The molecule has 3 aromatic heterocycles. The first kappa shape index (κ1) is 42.5. The summed E-state index contributed by atoms with van der Waals surface area (Å²) in [6, 6.07) is 3.23. The van der Waals surface area contributed by atoms with Gasteiger partial charge in [0, 0.05) is 37.6 Å². The lowest BCUT2D eigenvalue weighted by Crippen LogP contribution is -2.38. The highest BCUT2D eigenvalue weighted by molar-refractivity contribution is 6.03. The molecule has 3 heterocycles. The SMILES string of the molecule is CN(CCCCCNC(=O)OC(C)(C)C)CC1CCC(n2cc(NC(=O)c3coc(-c4ccnc(N(CC5CC5)C(=O)OC(C)(C)C)c4)n3)c(C(F)F)n2)CC1. The third-order valence-corrected chi connectivity index (χ3v) is 9.62. The van der Waals surface area contributed by atoms with Crippen LogP contribution in [0.15, 0.2) is 35.2 Å². The van der Waals surface area contributed by atoms with Crippen LogP contribution in [0, 0.1) is 11.8 Å². The van der Waals surface area contributed by atoms with Gasteiger partial charge in [-0.3, -0.25) is 14.4 Å². The van der Waals surface area contributed by atoms with Gasteiger partial charge in [0.05, 0.1) is 11.7 Å². The molecule has 56 heavy (non-hydrogen) atoms. The minimum atomic E-state index is -2.89. The first-order valence-electron chi connectivity index (χ1n) is 19.7. The van der Waals surface area contributed by atoms with Crippen LogP contribution in [0.2, 0.25) is 0 Å². The summed E-state index contributed by atoms with van der Waals surface area (Å²) in [6.45, 7) is 13.9. The van der Waals surface area contributed by atoms with Crippen molar-refractivity contribution in [3.63, 3.8) is 0 Å². The molecule has 3 amide bonds. The summed E-state index contributed by atoms with van der Waals surface area (Å²) < 4.78 is 46.4. The monoisotopic (exact) mass is 784 g/mol. The summed E-state index contributed by atoms with van der Waals surface area (Å²) in [5.74, 6) is 0.608. The van der Waals surface area contributed by atoms with E-state index in [0.717, 1.165) is 77.1 Å². The smallest absolute Gasteiger partial charge is 0.416 e. The van der Waals surface area contributed by atoms with E-state index in [0.29, 0.717) is 36.3 Å². The van der Waals surface area contributed by atoms with Gasteiger partial charge in [-0.25, -0.2) is 28.3 Å². The number of nitrogens with one attached hydrogen (secondary N) is 2. The van der Waals surface area contributed by atoms with Crippen LogP contribution < -0.4 is 15.5 Å². The van der Waals surface area contributed by atoms with Crippen molar-refractivity contribution in [2.45, 2.75) is 123 Å². The summed E-state index contributed by atoms with van der Waals surface area (Å²) in [5, 5.41) is 9.58. The van der Waals surface area contributed by atoms with Crippen molar-refractivity contribution in [1.29, 1.82) is 0 Å². The Labute approximate surface area is 328 Å². The summed E-state index contributed by atoms with van der Waals surface area (Å²) in [6.07, 6.45) is 8.77. The summed E-state index contributed by atoms with van der Waals surface area (Å²) in [7, 11) is 2.12. The third kappa shape index (κ3) is 13.0. The highest BCUT2D eigenvalue weighted by Gasteiger charge is 2.32. The van der Waals surface area contributed by atoms with Crippen LogP contribution in [-0.2, 0) is 9.47 Å². The number of oxazole rings is 1. The van der Waals surface area contributed by atoms with Gasteiger partial charge >= 0.3 is 12.2 Å². The Hall–Kier alpha value is -4.60. The molecule has 2 fully saturated rings. The van der Waals surface area contributed by atoms with E-state index in [1.807, 2.05) is 20.8 Å². The van der Waals surface area contributed by atoms with Crippen molar-refractivity contribution in [2.75, 3.05) is 43.4 Å². The molecule has 14 nitrogen and oxygen atoms in total. The molecule has 308 valence electrons. The minimum Gasteiger partial charge on any atom is -0.444 e. The lowest BCUT2D eigenvalue weighted by Gasteiger charge is -2.31. The molecule has 0 spiro atoms. The van der Waals surface area contributed by atoms with Crippen LogP contribution in [0.5, 0.6) is 0 Å². The molecule has 2 aliphatic rings.